The Kier molecular flexibility index (Phi) is 4.77. The quantitative estimate of drug-likeness (QED) is 0.871. The van der Waals surface area contributed by atoms with E-state index >= 15 is 0 Å². The number of alkyl halides is 3. The molecule has 0 aliphatic carbocycles. The van der Waals surface area contributed by atoms with Gasteiger partial charge in [-0.2, -0.15) is 13.2 Å². The van der Waals surface area contributed by atoms with Crippen LogP contribution >= 0.6 is 0 Å². The summed E-state index contributed by atoms with van der Waals surface area (Å²) in [5.74, 6) is 0.413. The van der Waals surface area contributed by atoms with Crippen molar-refractivity contribution in [3.63, 3.8) is 0 Å². The molecular weight excluding hydrogens is 237 g/mol. The highest BCUT2D eigenvalue weighted by Crippen LogP contribution is 2.25. The maximum absolute atomic E-state index is 11.8. The Morgan fingerprint density at radius 3 is 2.53 bits per heavy atom. The van der Waals surface area contributed by atoms with Crippen LogP contribution in [0.1, 0.15) is 11.7 Å². The minimum Gasteiger partial charge on any atom is -0.496 e. The van der Waals surface area contributed by atoms with Crippen LogP contribution in [0.5, 0.6) is 5.75 Å². The molecule has 0 fully saturated rings. The molecule has 0 saturated carbocycles. The maximum atomic E-state index is 11.8. The van der Waals surface area contributed by atoms with Gasteiger partial charge in [-0.05, 0) is 6.07 Å². The second-order valence-electron chi connectivity index (χ2n) is 3.39. The minimum absolute atomic E-state index is 0.400. The molecule has 1 atom stereocenters. The summed E-state index contributed by atoms with van der Waals surface area (Å²) >= 11 is 0. The van der Waals surface area contributed by atoms with E-state index in [0.717, 1.165) is 0 Å². The molecule has 0 saturated heterocycles. The number of hydrogen-bond acceptors (Lipinski definition) is 3. The van der Waals surface area contributed by atoms with Crippen LogP contribution in [0.4, 0.5) is 13.2 Å². The van der Waals surface area contributed by atoms with Gasteiger partial charge in [-0.3, -0.25) is 0 Å². The van der Waals surface area contributed by atoms with Crippen molar-refractivity contribution >= 4 is 0 Å². The lowest BCUT2D eigenvalue weighted by Gasteiger charge is -2.15. The Hall–Kier alpha value is -1.27. The van der Waals surface area contributed by atoms with Gasteiger partial charge in [0.05, 0.1) is 13.7 Å². The number of halogens is 3. The van der Waals surface area contributed by atoms with E-state index in [2.05, 4.69) is 4.74 Å². The molecule has 0 aromatic heterocycles. The summed E-state index contributed by atoms with van der Waals surface area (Å²) in [4.78, 5) is 0. The number of aliphatic hydroxyl groups is 1. The van der Waals surface area contributed by atoms with Crippen molar-refractivity contribution in [2.24, 2.45) is 0 Å². The molecule has 1 rings (SSSR count). The van der Waals surface area contributed by atoms with Gasteiger partial charge in [-0.25, -0.2) is 0 Å². The predicted octanol–water partition coefficient (Wildman–Crippen LogP) is 2.31. The van der Waals surface area contributed by atoms with Crippen molar-refractivity contribution in [2.75, 3.05) is 20.3 Å². The Morgan fingerprint density at radius 2 is 1.94 bits per heavy atom. The standard InChI is InChI=1S/C11H13F3O3/c1-16-10-5-3-2-4-8(10)9(15)6-17-7-11(12,13)14/h2-5,9,15H,6-7H2,1H3. The molecule has 0 radical (unpaired) electrons. The predicted molar refractivity (Wildman–Crippen MR) is 54.8 cm³/mol. The molecule has 1 N–H and O–H groups in total. The summed E-state index contributed by atoms with van der Waals surface area (Å²) in [5.41, 5.74) is 0.400. The highest BCUT2D eigenvalue weighted by molar-refractivity contribution is 5.34. The van der Waals surface area contributed by atoms with Crippen molar-refractivity contribution in [1.82, 2.24) is 0 Å². The van der Waals surface area contributed by atoms with Gasteiger partial charge in [0, 0.05) is 5.56 Å². The molecule has 1 unspecified atom stereocenters. The SMILES string of the molecule is COc1ccccc1C(O)COCC(F)(F)F. The topological polar surface area (TPSA) is 38.7 Å². The molecule has 0 aliphatic rings. The van der Waals surface area contributed by atoms with Crippen molar-refractivity contribution in [3.8, 4) is 5.75 Å². The molecule has 1 aromatic rings. The van der Waals surface area contributed by atoms with Gasteiger partial charge < -0.3 is 14.6 Å². The monoisotopic (exact) mass is 250 g/mol. The van der Waals surface area contributed by atoms with E-state index < -0.39 is 25.5 Å². The summed E-state index contributed by atoms with van der Waals surface area (Å²) in [5, 5.41) is 9.66. The van der Waals surface area contributed by atoms with Gasteiger partial charge in [0.15, 0.2) is 0 Å². The van der Waals surface area contributed by atoms with Crippen LogP contribution in [-0.4, -0.2) is 31.6 Å². The average Bonchev–Trinajstić information content (AvgIpc) is 2.27. The van der Waals surface area contributed by atoms with Crippen LogP contribution in [0, 0.1) is 0 Å². The fraction of sp³-hybridized carbons (Fsp3) is 0.455. The van der Waals surface area contributed by atoms with Crippen LogP contribution in [-0.2, 0) is 4.74 Å². The van der Waals surface area contributed by atoms with Crippen LogP contribution in [0.15, 0.2) is 24.3 Å². The lowest BCUT2D eigenvalue weighted by molar-refractivity contribution is -0.179. The van der Waals surface area contributed by atoms with Crippen LogP contribution < -0.4 is 4.74 Å². The number of methoxy groups -OCH3 is 1. The van der Waals surface area contributed by atoms with E-state index in [4.69, 9.17) is 4.74 Å². The molecule has 17 heavy (non-hydrogen) atoms. The highest BCUT2D eigenvalue weighted by Gasteiger charge is 2.28. The Bertz CT molecular complexity index is 352. The first-order valence-corrected chi connectivity index (χ1v) is 4.89. The first-order chi connectivity index (χ1) is 7.94. The van der Waals surface area contributed by atoms with Crippen LogP contribution in [0.3, 0.4) is 0 Å². The third kappa shape index (κ3) is 4.62. The van der Waals surface area contributed by atoms with Crippen LogP contribution in [0.2, 0.25) is 0 Å². The van der Waals surface area contributed by atoms with Gasteiger partial charge in [-0.1, -0.05) is 18.2 Å². The lowest BCUT2D eigenvalue weighted by Crippen LogP contribution is -2.19. The fourth-order valence-electron chi connectivity index (χ4n) is 1.32. The number of rotatable bonds is 5. The van der Waals surface area contributed by atoms with Gasteiger partial charge in [0.1, 0.15) is 18.5 Å². The number of aliphatic hydroxyl groups excluding tert-OH is 1. The maximum Gasteiger partial charge on any atom is 0.411 e. The smallest absolute Gasteiger partial charge is 0.411 e. The molecule has 0 heterocycles. The van der Waals surface area contributed by atoms with Crippen molar-refractivity contribution in [1.29, 1.82) is 0 Å². The van der Waals surface area contributed by atoms with Crippen molar-refractivity contribution in [3.05, 3.63) is 29.8 Å². The zero-order valence-corrected chi connectivity index (χ0v) is 9.20. The lowest BCUT2D eigenvalue weighted by atomic mass is 10.1. The zero-order valence-electron chi connectivity index (χ0n) is 9.20. The summed E-state index contributed by atoms with van der Waals surface area (Å²) in [7, 11) is 1.42. The third-order valence-corrected chi connectivity index (χ3v) is 2.04. The number of hydrogen-bond donors (Lipinski definition) is 1. The summed E-state index contributed by atoms with van der Waals surface area (Å²) < 4.78 is 44.8. The van der Waals surface area contributed by atoms with E-state index in [9.17, 15) is 18.3 Å². The second kappa shape index (κ2) is 5.88. The van der Waals surface area contributed by atoms with Gasteiger partial charge in [-0.15, -0.1) is 0 Å². The second-order valence-corrected chi connectivity index (χ2v) is 3.39. The molecule has 0 aliphatic heterocycles. The molecule has 0 bridgehead atoms. The van der Waals surface area contributed by atoms with Gasteiger partial charge >= 0.3 is 6.18 Å². The summed E-state index contributed by atoms with van der Waals surface area (Å²) in [6.45, 7) is -1.81. The van der Waals surface area contributed by atoms with Crippen molar-refractivity contribution < 1.29 is 27.8 Å². The van der Waals surface area contributed by atoms with Crippen LogP contribution in [0.25, 0.3) is 0 Å². The molecule has 3 nitrogen and oxygen atoms in total. The van der Waals surface area contributed by atoms with E-state index in [1.807, 2.05) is 0 Å². The largest absolute Gasteiger partial charge is 0.496 e. The van der Waals surface area contributed by atoms with E-state index in [-0.39, 0.29) is 0 Å². The first kappa shape index (κ1) is 13.8. The Balaban J connectivity index is 2.55. The van der Waals surface area contributed by atoms with E-state index in [0.29, 0.717) is 11.3 Å². The number of benzene rings is 1. The molecule has 6 heteroatoms. The first-order valence-electron chi connectivity index (χ1n) is 4.89. The van der Waals surface area contributed by atoms with E-state index in [1.54, 1.807) is 24.3 Å². The number of ether oxygens (including phenoxy) is 2. The van der Waals surface area contributed by atoms with Gasteiger partial charge in [0.2, 0.25) is 0 Å². The Morgan fingerprint density at radius 1 is 1.29 bits per heavy atom. The van der Waals surface area contributed by atoms with Crippen molar-refractivity contribution in [2.45, 2.75) is 12.3 Å². The molecular formula is C11H13F3O3. The minimum atomic E-state index is -4.39. The zero-order chi connectivity index (χ0) is 12.9. The number of para-hydroxylation sites is 1. The fourth-order valence-corrected chi connectivity index (χ4v) is 1.32. The Labute approximate surface area is 96.8 Å². The summed E-state index contributed by atoms with van der Waals surface area (Å²) in [6, 6.07) is 6.54. The molecule has 1 aromatic carbocycles. The summed E-state index contributed by atoms with van der Waals surface area (Å²) in [6.07, 6.45) is -5.53. The molecule has 96 valence electrons. The van der Waals surface area contributed by atoms with Gasteiger partial charge in [0.25, 0.3) is 0 Å². The van der Waals surface area contributed by atoms with E-state index in [1.165, 1.54) is 7.11 Å². The third-order valence-electron chi connectivity index (χ3n) is 2.04. The normalized spacial score (nSPS) is 13.5. The average molecular weight is 250 g/mol. The highest BCUT2D eigenvalue weighted by atomic mass is 19.4. The molecule has 0 amide bonds. The molecule has 0 spiro atoms.